The second-order valence-corrected chi connectivity index (χ2v) is 5.16. The summed E-state index contributed by atoms with van der Waals surface area (Å²) < 4.78 is 0. The fourth-order valence-electron chi connectivity index (χ4n) is 2.17. The fraction of sp³-hybridized carbons (Fsp3) is 0.667. The molecule has 6 nitrogen and oxygen atoms in total. The molecule has 0 spiro atoms. The van der Waals surface area contributed by atoms with Crippen molar-refractivity contribution in [3.63, 3.8) is 0 Å². The predicted molar refractivity (Wildman–Crippen MR) is 80.5 cm³/mol. The summed E-state index contributed by atoms with van der Waals surface area (Å²) in [5.41, 5.74) is -0.217. The van der Waals surface area contributed by atoms with E-state index in [1.807, 2.05) is 0 Å². The molecule has 6 heteroatoms. The Morgan fingerprint density at radius 3 is 2.38 bits per heavy atom. The lowest BCUT2D eigenvalue weighted by atomic mass is 10.1. The van der Waals surface area contributed by atoms with Gasteiger partial charge in [-0.05, 0) is 6.42 Å². The molecule has 0 aliphatic heterocycles. The summed E-state index contributed by atoms with van der Waals surface area (Å²) in [5, 5.41) is 11.6. The quantitative estimate of drug-likeness (QED) is 0.547. The van der Waals surface area contributed by atoms with Crippen LogP contribution in [0.5, 0.6) is 0 Å². The minimum Gasteiger partial charge on any atom is -0.477 e. The first kappa shape index (κ1) is 17.2. The molecule has 0 saturated carbocycles. The minimum atomic E-state index is -1.18. The summed E-state index contributed by atoms with van der Waals surface area (Å²) in [4.78, 5) is 28.8. The van der Waals surface area contributed by atoms with Gasteiger partial charge in [-0.15, -0.1) is 0 Å². The molecule has 1 rings (SSSR count). The van der Waals surface area contributed by atoms with Crippen LogP contribution in [-0.2, 0) is 0 Å². The molecule has 0 saturated heterocycles. The van der Waals surface area contributed by atoms with E-state index in [1.54, 1.807) is 0 Å². The Hall–Kier alpha value is -1.85. The number of rotatable bonds is 11. The number of hydrogen-bond donors (Lipinski definition) is 3. The van der Waals surface area contributed by atoms with Crippen LogP contribution in [0.25, 0.3) is 0 Å². The van der Waals surface area contributed by atoms with E-state index in [0.29, 0.717) is 6.54 Å². The molecule has 1 amide bonds. The molecule has 1 aromatic heterocycles. The van der Waals surface area contributed by atoms with Crippen molar-refractivity contribution >= 4 is 11.9 Å². The van der Waals surface area contributed by atoms with Crippen LogP contribution < -0.4 is 5.32 Å². The molecular formula is C15H25N3O3. The van der Waals surface area contributed by atoms with Gasteiger partial charge in [-0.25, -0.2) is 9.78 Å². The van der Waals surface area contributed by atoms with Gasteiger partial charge in [0.25, 0.3) is 5.91 Å². The molecule has 1 heterocycles. The number of aromatic nitrogens is 2. The van der Waals surface area contributed by atoms with E-state index >= 15 is 0 Å². The molecule has 0 aliphatic rings. The zero-order valence-electron chi connectivity index (χ0n) is 12.7. The number of nitrogens with one attached hydrogen (secondary N) is 2. The average Bonchev–Trinajstić information content (AvgIpc) is 2.95. The molecule has 0 bridgehead atoms. The van der Waals surface area contributed by atoms with E-state index in [-0.39, 0.29) is 11.4 Å². The summed E-state index contributed by atoms with van der Waals surface area (Å²) in [7, 11) is 0. The van der Waals surface area contributed by atoms with Gasteiger partial charge < -0.3 is 15.4 Å². The third-order valence-corrected chi connectivity index (χ3v) is 3.38. The highest BCUT2D eigenvalue weighted by Gasteiger charge is 2.18. The number of carbonyl (C=O) groups excluding carboxylic acids is 1. The van der Waals surface area contributed by atoms with E-state index in [0.717, 1.165) is 12.8 Å². The van der Waals surface area contributed by atoms with Crippen molar-refractivity contribution in [1.82, 2.24) is 15.3 Å². The summed E-state index contributed by atoms with van der Waals surface area (Å²) in [6.45, 7) is 2.76. The highest BCUT2D eigenvalue weighted by Crippen LogP contribution is 2.08. The minimum absolute atomic E-state index is 0.0536. The Bertz CT molecular complexity index is 443. The third kappa shape index (κ3) is 6.42. The highest BCUT2D eigenvalue weighted by molar-refractivity contribution is 6.02. The molecule has 0 fully saturated rings. The van der Waals surface area contributed by atoms with E-state index in [9.17, 15) is 9.59 Å². The summed E-state index contributed by atoms with van der Waals surface area (Å²) in [6.07, 6.45) is 10.8. The number of hydrogen-bond acceptors (Lipinski definition) is 3. The number of carboxylic acids is 1. The van der Waals surface area contributed by atoms with Crippen molar-refractivity contribution in [2.75, 3.05) is 6.54 Å². The number of carboxylic acid groups (broad SMARTS) is 1. The predicted octanol–water partition coefficient (Wildman–Crippen LogP) is 2.98. The fourth-order valence-corrected chi connectivity index (χ4v) is 2.17. The zero-order chi connectivity index (χ0) is 15.5. The second kappa shape index (κ2) is 9.96. The molecular weight excluding hydrogens is 270 g/mol. The lowest BCUT2D eigenvalue weighted by molar-refractivity contribution is 0.0685. The third-order valence-electron chi connectivity index (χ3n) is 3.38. The number of unbranched alkanes of at least 4 members (excludes halogenated alkanes) is 7. The van der Waals surface area contributed by atoms with Crippen LogP contribution in [0.1, 0.15) is 79.3 Å². The van der Waals surface area contributed by atoms with E-state index in [4.69, 9.17) is 5.11 Å². The average molecular weight is 295 g/mol. The van der Waals surface area contributed by atoms with Crippen molar-refractivity contribution in [2.24, 2.45) is 0 Å². The van der Waals surface area contributed by atoms with E-state index in [1.165, 1.54) is 44.9 Å². The van der Waals surface area contributed by atoms with Crippen molar-refractivity contribution < 1.29 is 14.7 Å². The summed E-state index contributed by atoms with van der Waals surface area (Å²) in [5.74, 6) is -1.61. The molecule has 0 unspecified atom stereocenters. The number of aromatic amines is 1. The van der Waals surface area contributed by atoms with Crippen LogP contribution >= 0.6 is 0 Å². The summed E-state index contributed by atoms with van der Waals surface area (Å²) >= 11 is 0. The van der Waals surface area contributed by atoms with Gasteiger partial charge in [0.05, 0.1) is 6.33 Å². The first-order valence-corrected chi connectivity index (χ1v) is 7.71. The van der Waals surface area contributed by atoms with Gasteiger partial charge >= 0.3 is 5.97 Å². The van der Waals surface area contributed by atoms with Crippen molar-refractivity contribution in [3.05, 3.63) is 17.7 Å². The molecule has 0 atom stereocenters. The van der Waals surface area contributed by atoms with Crippen LogP contribution in [0.15, 0.2) is 6.33 Å². The van der Waals surface area contributed by atoms with Crippen molar-refractivity contribution in [2.45, 2.75) is 58.3 Å². The Morgan fingerprint density at radius 1 is 1.14 bits per heavy atom. The lowest BCUT2D eigenvalue weighted by Crippen LogP contribution is -2.26. The Labute approximate surface area is 125 Å². The topological polar surface area (TPSA) is 95.1 Å². The first-order chi connectivity index (χ1) is 10.2. The molecule has 0 radical (unpaired) electrons. The second-order valence-electron chi connectivity index (χ2n) is 5.16. The molecule has 3 N–H and O–H groups in total. The maximum Gasteiger partial charge on any atom is 0.354 e. The number of H-pyrrole nitrogens is 1. The maximum atomic E-state index is 11.8. The van der Waals surface area contributed by atoms with Crippen LogP contribution in [0, 0.1) is 0 Å². The zero-order valence-corrected chi connectivity index (χ0v) is 12.7. The van der Waals surface area contributed by atoms with Gasteiger partial charge in [-0.3, -0.25) is 4.79 Å². The van der Waals surface area contributed by atoms with Gasteiger partial charge in [0.15, 0.2) is 11.4 Å². The van der Waals surface area contributed by atoms with E-state index in [2.05, 4.69) is 22.2 Å². The van der Waals surface area contributed by atoms with Crippen molar-refractivity contribution in [1.29, 1.82) is 0 Å². The van der Waals surface area contributed by atoms with Crippen LogP contribution in [0.2, 0.25) is 0 Å². The smallest absolute Gasteiger partial charge is 0.354 e. The standard InChI is InChI=1S/C15H25N3O3/c1-2-3-4-5-6-7-8-9-10-16-14(19)12-13(15(20)21)18-11-17-12/h11H,2-10H2,1H3,(H,16,19)(H,17,18)(H,20,21). The Kier molecular flexibility index (Phi) is 8.16. The largest absolute Gasteiger partial charge is 0.477 e. The van der Waals surface area contributed by atoms with Gasteiger partial charge in [0.2, 0.25) is 0 Å². The molecule has 118 valence electrons. The Balaban J connectivity index is 2.11. The highest BCUT2D eigenvalue weighted by atomic mass is 16.4. The normalized spacial score (nSPS) is 10.5. The van der Waals surface area contributed by atoms with Gasteiger partial charge in [0, 0.05) is 6.54 Å². The van der Waals surface area contributed by atoms with Crippen LogP contribution in [0.4, 0.5) is 0 Å². The molecule has 1 aromatic rings. The number of amides is 1. The lowest BCUT2D eigenvalue weighted by Gasteiger charge is -2.04. The van der Waals surface area contributed by atoms with Crippen LogP contribution in [0.3, 0.4) is 0 Å². The number of imidazole rings is 1. The van der Waals surface area contributed by atoms with E-state index < -0.39 is 11.9 Å². The SMILES string of the molecule is CCCCCCCCCCNC(=O)c1nc[nH]c1C(=O)O. The first-order valence-electron chi connectivity index (χ1n) is 7.71. The van der Waals surface area contributed by atoms with Gasteiger partial charge in [-0.2, -0.15) is 0 Å². The number of nitrogens with zero attached hydrogens (tertiary/aromatic N) is 1. The van der Waals surface area contributed by atoms with Gasteiger partial charge in [0.1, 0.15) is 0 Å². The van der Waals surface area contributed by atoms with Crippen LogP contribution in [-0.4, -0.2) is 33.5 Å². The number of aromatic carboxylic acids is 1. The molecule has 0 aromatic carbocycles. The molecule has 21 heavy (non-hydrogen) atoms. The number of carbonyl (C=O) groups is 2. The van der Waals surface area contributed by atoms with Crippen molar-refractivity contribution in [3.8, 4) is 0 Å². The Morgan fingerprint density at radius 2 is 1.76 bits per heavy atom. The summed E-state index contributed by atoms with van der Waals surface area (Å²) in [6, 6.07) is 0. The van der Waals surface area contributed by atoms with Gasteiger partial charge in [-0.1, -0.05) is 51.9 Å². The maximum absolute atomic E-state index is 11.8. The monoisotopic (exact) mass is 295 g/mol. The molecule has 0 aliphatic carbocycles.